The SMILES string of the molecule is O=S(=O)(N1CCCCCC1)N1CCN(CC2CCC=CO2)CC1. The minimum absolute atomic E-state index is 0.258. The van der Waals surface area contributed by atoms with E-state index in [1.165, 1.54) is 0 Å². The van der Waals surface area contributed by atoms with Crippen molar-refractivity contribution < 1.29 is 13.2 Å². The Kier molecular flexibility index (Phi) is 5.96. The van der Waals surface area contributed by atoms with Crippen molar-refractivity contribution in [1.82, 2.24) is 13.5 Å². The van der Waals surface area contributed by atoms with Crippen LogP contribution in [0.5, 0.6) is 0 Å². The van der Waals surface area contributed by atoms with Crippen LogP contribution in [-0.2, 0) is 14.9 Å². The van der Waals surface area contributed by atoms with Crippen LogP contribution in [0.15, 0.2) is 12.3 Å². The summed E-state index contributed by atoms with van der Waals surface area (Å²) in [6.45, 7) is 5.08. The lowest BCUT2D eigenvalue weighted by molar-refractivity contribution is 0.0648. The molecule has 1 unspecified atom stereocenters. The predicted octanol–water partition coefficient (Wildman–Crippen LogP) is 1.42. The third-order valence-corrected chi connectivity index (χ3v) is 7.07. The maximum absolute atomic E-state index is 12.8. The first-order valence-corrected chi connectivity index (χ1v) is 10.3. The van der Waals surface area contributed by atoms with Crippen molar-refractivity contribution in [2.45, 2.75) is 44.6 Å². The van der Waals surface area contributed by atoms with Crippen LogP contribution in [0.25, 0.3) is 0 Å². The normalized spacial score (nSPS) is 29.1. The lowest BCUT2D eigenvalue weighted by Crippen LogP contribution is -2.54. The second-order valence-corrected chi connectivity index (χ2v) is 8.66. The fourth-order valence-corrected chi connectivity index (χ4v) is 5.26. The highest BCUT2D eigenvalue weighted by Gasteiger charge is 2.33. The first-order chi connectivity index (χ1) is 11.2. The number of rotatable bonds is 4. The molecule has 3 rings (SSSR count). The van der Waals surface area contributed by atoms with E-state index in [1.807, 2.05) is 0 Å². The molecule has 6 nitrogen and oxygen atoms in total. The summed E-state index contributed by atoms with van der Waals surface area (Å²) in [5, 5.41) is 0. The molecular formula is C16H29N3O3S. The number of hydrogen-bond acceptors (Lipinski definition) is 4. The summed E-state index contributed by atoms with van der Waals surface area (Å²) in [7, 11) is -3.27. The summed E-state index contributed by atoms with van der Waals surface area (Å²) >= 11 is 0. The Morgan fingerprint density at radius 3 is 2.17 bits per heavy atom. The van der Waals surface area contributed by atoms with Crippen LogP contribution in [0.1, 0.15) is 38.5 Å². The minimum Gasteiger partial charge on any atom is -0.497 e. The second-order valence-electron chi connectivity index (χ2n) is 6.73. The largest absolute Gasteiger partial charge is 0.497 e. The molecule has 3 heterocycles. The highest BCUT2D eigenvalue weighted by molar-refractivity contribution is 7.86. The van der Waals surface area contributed by atoms with Gasteiger partial charge in [0.2, 0.25) is 0 Å². The number of hydrogen-bond donors (Lipinski definition) is 0. The van der Waals surface area contributed by atoms with Crippen LogP contribution >= 0.6 is 0 Å². The number of ether oxygens (including phenoxy) is 1. The van der Waals surface area contributed by atoms with Crippen molar-refractivity contribution in [3.8, 4) is 0 Å². The summed E-state index contributed by atoms with van der Waals surface area (Å²) < 4.78 is 34.6. The highest BCUT2D eigenvalue weighted by Crippen LogP contribution is 2.19. The highest BCUT2D eigenvalue weighted by atomic mass is 32.2. The zero-order valence-corrected chi connectivity index (χ0v) is 14.7. The van der Waals surface area contributed by atoms with Crippen molar-refractivity contribution >= 4 is 10.2 Å². The molecule has 0 N–H and O–H groups in total. The average Bonchev–Trinajstić information content (AvgIpc) is 2.86. The fourth-order valence-electron chi connectivity index (χ4n) is 3.59. The molecule has 132 valence electrons. The van der Waals surface area contributed by atoms with Gasteiger partial charge in [0.05, 0.1) is 6.26 Å². The van der Waals surface area contributed by atoms with Gasteiger partial charge in [-0.2, -0.15) is 17.0 Å². The summed E-state index contributed by atoms with van der Waals surface area (Å²) in [6, 6.07) is 0. The van der Waals surface area contributed by atoms with E-state index < -0.39 is 10.2 Å². The molecule has 1 atom stereocenters. The molecule has 2 fully saturated rings. The maximum atomic E-state index is 12.8. The van der Waals surface area contributed by atoms with E-state index in [1.54, 1.807) is 14.9 Å². The van der Waals surface area contributed by atoms with Gasteiger partial charge in [-0.1, -0.05) is 12.8 Å². The molecule has 0 aromatic rings. The molecular weight excluding hydrogens is 314 g/mol. The number of allylic oxidation sites excluding steroid dienone is 1. The zero-order valence-electron chi connectivity index (χ0n) is 13.9. The topological polar surface area (TPSA) is 53.1 Å². The Morgan fingerprint density at radius 1 is 0.913 bits per heavy atom. The van der Waals surface area contributed by atoms with Gasteiger partial charge in [-0.25, -0.2) is 0 Å². The standard InChI is InChI=1S/C16H29N3O3S/c20-23(21,18-8-4-1-2-5-9-18)19-12-10-17(11-13-19)15-16-7-3-6-14-22-16/h6,14,16H,1-5,7-13,15H2. The van der Waals surface area contributed by atoms with Gasteiger partial charge in [-0.05, 0) is 31.8 Å². The van der Waals surface area contributed by atoms with Crippen LogP contribution in [-0.4, -0.2) is 73.8 Å². The molecule has 0 saturated carbocycles. The van der Waals surface area contributed by atoms with Crippen LogP contribution in [0, 0.1) is 0 Å². The Morgan fingerprint density at radius 2 is 1.57 bits per heavy atom. The van der Waals surface area contributed by atoms with Gasteiger partial charge in [0.25, 0.3) is 10.2 Å². The van der Waals surface area contributed by atoms with Crippen molar-refractivity contribution in [2.24, 2.45) is 0 Å². The molecule has 0 radical (unpaired) electrons. The lowest BCUT2D eigenvalue weighted by atomic mass is 10.1. The molecule has 0 spiro atoms. The quantitative estimate of drug-likeness (QED) is 0.775. The zero-order chi connectivity index (χ0) is 16.1. The van der Waals surface area contributed by atoms with E-state index in [9.17, 15) is 8.42 Å². The van der Waals surface area contributed by atoms with Gasteiger partial charge in [0.15, 0.2) is 0 Å². The monoisotopic (exact) mass is 343 g/mol. The van der Waals surface area contributed by atoms with E-state index in [-0.39, 0.29) is 6.10 Å². The van der Waals surface area contributed by atoms with Gasteiger partial charge >= 0.3 is 0 Å². The van der Waals surface area contributed by atoms with Gasteiger partial charge in [-0.3, -0.25) is 4.90 Å². The van der Waals surface area contributed by atoms with Crippen molar-refractivity contribution in [3.05, 3.63) is 12.3 Å². The van der Waals surface area contributed by atoms with Crippen LogP contribution in [0.2, 0.25) is 0 Å². The third-order valence-electron chi connectivity index (χ3n) is 5.03. The van der Waals surface area contributed by atoms with Gasteiger partial charge in [0.1, 0.15) is 6.10 Å². The molecule has 3 aliphatic heterocycles. The average molecular weight is 343 g/mol. The van der Waals surface area contributed by atoms with Crippen molar-refractivity contribution in [3.63, 3.8) is 0 Å². The Balaban J connectivity index is 1.50. The van der Waals surface area contributed by atoms with Gasteiger partial charge in [0, 0.05) is 45.8 Å². The summed E-state index contributed by atoms with van der Waals surface area (Å²) in [4.78, 5) is 2.33. The Bertz CT molecular complexity index is 493. The molecule has 0 aromatic carbocycles. The van der Waals surface area contributed by atoms with Crippen LogP contribution in [0.3, 0.4) is 0 Å². The molecule has 2 saturated heterocycles. The molecule has 0 bridgehead atoms. The van der Waals surface area contributed by atoms with Crippen molar-refractivity contribution in [2.75, 3.05) is 45.8 Å². The molecule has 7 heteroatoms. The first kappa shape index (κ1) is 17.2. The molecule has 3 aliphatic rings. The minimum atomic E-state index is -3.27. The Hall–Kier alpha value is -0.630. The maximum Gasteiger partial charge on any atom is 0.282 e. The molecule has 23 heavy (non-hydrogen) atoms. The Labute approximate surface area is 140 Å². The van der Waals surface area contributed by atoms with Gasteiger partial charge in [-0.15, -0.1) is 0 Å². The van der Waals surface area contributed by atoms with Crippen LogP contribution < -0.4 is 0 Å². The third kappa shape index (κ3) is 4.47. The summed E-state index contributed by atoms with van der Waals surface area (Å²) in [5.74, 6) is 0. The fraction of sp³-hybridized carbons (Fsp3) is 0.875. The van der Waals surface area contributed by atoms with E-state index >= 15 is 0 Å². The van der Waals surface area contributed by atoms with E-state index in [0.29, 0.717) is 26.2 Å². The molecule has 0 aliphatic carbocycles. The molecule has 0 amide bonds. The lowest BCUT2D eigenvalue weighted by Gasteiger charge is -2.37. The first-order valence-electron chi connectivity index (χ1n) is 8.94. The van der Waals surface area contributed by atoms with E-state index in [2.05, 4.69) is 11.0 Å². The smallest absolute Gasteiger partial charge is 0.282 e. The van der Waals surface area contributed by atoms with Crippen molar-refractivity contribution in [1.29, 1.82) is 0 Å². The summed E-state index contributed by atoms with van der Waals surface area (Å²) in [6.07, 6.45) is 10.5. The second kappa shape index (κ2) is 7.96. The van der Waals surface area contributed by atoms with Crippen LogP contribution in [0.4, 0.5) is 0 Å². The summed E-state index contributed by atoms with van der Waals surface area (Å²) in [5.41, 5.74) is 0. The number of piperazine rings is 1. The predicted molar refractivity (Wildman–Crippen MR) is 90.2 cm³/mol. The van der Waals surface area contributed by atoms with Gasteiger partial charge < -0.3 is 4.74 Å². The molecule has 0 aromatic heterocycles. The van der Waals surface area contributed by atoms with E-state index in [0.717, 1.165) is 58.2 Å². The number of nitrogens with zero attached hydrogens (tertiary/aromatic N) is 3. The van der Waals surface area contributed by atoms with E-state index in [4.69, 9.17) is 4.74 Å².